The maximum absolute atomic E-state index is 11.3. The number of imidazole rings is 1. The maximum Gasteiger partial charge on any atom is 0.339 e. The number of aromatic nitrogens is 2. The SMILES string of the molecule is O=C(O)c1cccn2cc(-c3cccc4ccccc34)nc12. The fraction of sp³-hybridized carbons (Fsp3) is 0. The van der Waals surface area contributed by atoms with Gasteiger partial charge in [0.05, 0.1) is 5.69 Å². The molecule has 4 nitrogen and oxygen atoms in total. The smallest absolute Gasteiger partial charge is 0.339 e. The van der Waals surface area contributed by atoms with Crippen LogP contribution >= 0.6 is 0 Å². The van der Waals surface area contributed by atoms with Gasteiger partial charge in [-0.05, 0) is 22.9 Å². The van der Waals surface area contributed by atoms with Gasteiger partial charge < -0.3 is 9.51 Å². The van der Waals surface area contributed by atoms with Crippen LogP contribution in [0.1, 0.15) is 10.4 Å². The van der Waals surface area contributed by atoms with Gasteiger partial charge in [0.1, 0.15) is 5.56 Å². The van der Waals surface area contributed by atoms with Crippen molar-refractivity contribution in [3.05, 3.63) is 72.6 Å². The van der Waals surface area contributed by atoms with Crippen LogP contribution in [0.15, 0.2) is 67.0 Å². The second-order valence-corrected chi connectivity index (χ2v) is 5.11. The average molecular weight is 288 g/mol. The largest absolute Gasteiger partial charge is 0.478 e. The van der Waals surface area contributed by atoms with Gasteiger partial charge in [-0.15, -0.1) is 0 Å². The van der Waals surface area contributed by atoms with E-state index in [4.69, 9.17) is 0 Å². The molecule has 22 heavy (non-hydrogen) atoms. The molecular weight excluding hydrogens is 276 g/mol. The molecule has 0 aliphatic heterocycles. The molecule has 0 amide bonds. The summed E-state index contributed by atoms with van der Waals surface area (Å²) in [6, 6.07) is 17.4. The Hall–Kier alpha value is -3.14. The first-order valence-corrected chi connectivity index (χ1v) is 6.93. The molecule has 4 aromatic rings. The molecule has 0 aliphatic carbocycles. The van der Waals surface area contributed by atoms with Crippen molar-refractivity contribution < 1.29 is 9.90 Å². The summed E-state index contributed by atoms with van der Waals surface area (Å²) in [6.07, 6.45) is 3.67. The van der Waals surface area contributed by atoms with Crippen molar-refractivity contribution in [3.8, 4) is 11.3 Å². The average Bonchev–Trinajstić information content (AvgIpc) is 2.97. The summed E-state index contributed by atoms with van der Waals surface area (Å²) in [5, 5.41) is 11.5. The molecule has 0 spiro atoms. The standard InChI is InChI=1S/C18H12N2O2/c21-18(22)15-9-4-10-20-11-16(19-17(15)20)14-8-3-6-12-5-1-2-7-13(12)14/h1-11H,(H,21,22). The number of hydrogen-bond donors (Lipinski definition) is 1. The Bertz CT molecular complexity index is 1010. The van der Waals surface area contributed by atoms with Gasteiger partial charge in [0.25, 0.3) is 0 Å². The molecule has 1 N–H and O–H groups in total. The fourth-order valence-corrected chi connectivity index (χ4v) is 2.76. The van der Waals surface area contributed by atoms with Crippen molar-refractivity contribution in [1.82, 2.24) is 9.38 Å². The van der Waals surface area contributed by atoms with Crippen LogP contribution in [0.4, 0.5) is 0 Å². The first kappa shape index (κ1) is 12.6. The third-order valence-electron chi connectivity index (χ3n) is 3.78. The van der Waals surface area contributed by atoms with E-state index in [0.29, 0.717) is 5.65 Å². The zero-order valence-electron chi connectivity index (χ0n) is 11.6. The van der Waals surface area contributed by atoms with E-state index in [1.165, 1.54) is 0 Å². The number of pyridine rings is 1. The number of carbonyl (C=O) groups is 1. The van der Waals surface area contributed by atoms with E-state index < -0.39 is 5.97 Å². The number of nitrogens with zero attached hydrogens (tertiary/aromatic N) is 2. The molecule has 2 aromatic heterocycles. The van der Waals surface area contributed by atoms with E-state index in [1.807, 2.05) is 42.7 Å². The first-order valence-electron chi connectivity index (χ1n) is 6.93. The van der Waals surface area contributed by atoms with Crippen molar-refractivity contribution in [1.29, 1.82) is 0 Å². The summed E-state index contributed by atoms with van der Waals surface area (Å²) in [7, 11) is 0. The predicted octanol–water partition coefficient (Wildman–Crippen LogP) is 3.85. The highest BCUT2D eigenvalue weighted by Crippen LogP contribution is 2.28. The van der Waals surface area contributed by atoms with Crippen LogP contribution in [0.25, 0.3) is 27.7 Å². The monoisotopic (exact) mass is 288 g/mol. The Kier molecular flexibility index (Phi) is 2.69. The Labute approximate surface area is 126 Å². The topological polar surface area (TPSA) is 54.6 Å². The molecule has 0 bridgehead atoms. The number of carboxylic acids is 1. The van der Waals surface area contributed by atoms with Gasteiger partial charge in [-0.1, -0.05) is 42.5 Å². The molecule has 2 aromatic carbocycles. The molecule has 2 heterocycles. The first-order chi connectivity index (χ1) is 10.7. The Balaban J connectivity index is 2.01. The lowest BCUT2D eigenvalue weighted by Gasteiger charge is -2.02. The van der Waals surface area contributed by atoms with E-state index >= 15 is 0 Å². The molecule has 4 rings (SSSR count). The minimum Gasteiger partial charge on any atom is -0.478 e. The normalized spacial score (nSPS) is 11.1. The van der Waals surface area contributed by atoms with Gasteiger partial charge in [-0.2, -0.15) is 0 Å². The number of carboxylic acid groups (broad SMARTS) is 1. The number of rotatable bonds is 2. The van der Waals surface area contributed by atoms with E-state index in [1.54, 1.807) is 16.5 Å². The van der Waals surface area contributed by atoms with Crippen LogP contribution < -0.4 is 0 Å². The number of aromatic carboxylic acids is 1. The number of benzene rings is 2. The highest BCUT2D eigenvalue weighted by Gasteiger charge is 2.13. The summed E-state index contributed by atoms with van der Waals surface area (Å²) in [4.78, 5) is 15.9. The lowest BCUT2D eigenvalue weighted by molar-refractivity contribution is 0.0698. The molecule has 0 aliphatic rings. The third-order valence-corrected chi connectivity index (χ3v) is 3.78. The molecule has 0 atom stereocenters. The predicted molar refractivity (Wildman–Crippen MR) is 85.1 cm³/mol. The second kappa shape index (κ2) is 4.70. The van der Waals surface area contributed by atoms with Crippen LogP contribution in [0.5, 0.6) is 0 Å². The summed E-state index contributed by atoms with van der Waals surface area (Å²) in [6.45, 7) is 0. The quantitative estimate of drug-likeness (QED) is 0.609. The van der Waals surface area contributed by atoms with Crippen LogP contribution in [0, 0.1) is 0 Å². The Morgan fingerprint density at radius 3 is 2.68 bits per heavy atom. The van der Waals surface area contributed by atoms with Crippen LogP contribution in [-0.4, -0.2) is 20.5 Å². The van der Waals surface area contributed by atoms with Gasteiger partial charge in [-0.3, -0.25) is 0 Å². The summed E-state index contributed by atoms with van der Waals surface area (Å²) >= 11 is 0. The summed E-state index contributed by atoms with van der Waals surface area (Å²) < 4.78 is 1.75. The highest BCUT2D eigenvalue weighted by atomic mass is 16.4. The zero-order chi connectivity index (χ0) is 15.1. The molecule has 106 valence electrons. The molecule has 4 heteroatoms. The fourth-order valence-electron chi connectivity index (χ4n) is 2.76. The van der Waals surface area contributed by atoms with E-state index in [9.17, 15) is 9.90 Å². The molecular formula is C18H12N2O2. The Morgan fingerprint density at radius 1 is 1.00 bits per heavy atom. The van der Waals surface area contributed by atoms with Crippen molar-refractivity contribution in [2.45, 2.75) is 0 Å². The minimum absolute atomic E-state index is 0.203. The van der Waals surface area contributed by atoms with Crippen LogP contribution in [0.2, 0.25) is 0 Å². The zero-order valence-corrected chi connectivity index (χ0v) is 11.6. The minimum atomic E-state index is -0.972. The van der Waals surface area contributed by atoms with Gasteiger partial charge in [-0.25, -0.2) is 9.78 Å². The van der Waals surface area contributed by atoms with Crippen molar-refractivity contribution >= 4 is 22.4 Å². The summed E-state index contributed by atoms with van der Waals surface area (Å²) in [5.74, 6) is -0.972. The molecule has 0 fully saturated rings. The van der Waals surface area contributed by atoms with Gasteiger partial charge in [0.15, 0.2) is 5.65 Å². The van der Waals surface area contributed by atoms with Crippen LogP contribution in [0.3, 0.4) is 0 Å². The van der Waals surface area contributed by atoms with Gasteiger partial charge in [0, 0.05) is 18.0 Å². The maximum atomic E-state index is 11.3. The van der Waals surface area contributed by atoms with E-state index in [-0.39, 0.29) is 5.56 Å². The number of fused-ring (bicyclic) bond motifs is 2. The van der Waals surface area contributed by atoms with Crippen molar-refractivity contribution in [2.24, 2.45) is 0 Å². The molecule has 0 radical (unpaired) electrons. The lowest BCUT2D eigenvalue weighted by atomic mass is 10.0. The van der Waals surface area contributed by atoms with Crippen molar-refractivity contribution in [2.75, 3.05) is 0 Å². The van der Waals surface area contributed by atoms with E-state index in [0.717, 1.165) is 22.0 Å². The van der Waals surface area contributed by atoms with E-state index in [2.05, 4.69) is 17.1 Å². The molecule has 0 saturated carbocycles. The van der Waals surface area contributed by atoms with Crippen LogP contribution in [-0.2, 0) is 0 Å². The van der Waals surface area contributed by atoms with Gasteiger partial charge in [0.2, 0.25) is 0 Å². The molecule has 0 unspecified atom stereocenters. The second-order valence-electron chi connectivity index (χ2n) is 5.11. The molecule has 0 saturated heterocycles. The van der Waals surface area contributed by atoms with Crippen molar-refractivity contribution in [3.63, 3.8) is 0 Å². The highest BCUT2D eigenvalue weighted by molar-refractivity contribution is 5.98. The third kappa shape index (κ3) is 1.85. The Morgan fingerprint density at radius 2 is 1.82 bits per heavy atom. The summed E-state index contributed by atoms with van der Waals surface area (Å²) in [5.41, 5.74) is 2.43. The van der Waals surface area contributed by atoms with Gasteiger partial charge >= 0.3 is 5.97 Å². The lowest BCUT2D eigenvalue weighted by Crippen LogP contribution is -1.99. The number of hydrogen-bond acceptors (Lipinski definition) is 2.